The third-order valence-corrected chi connectivity index (χ3v) is 1.64. The maximum absolute atomic E-state index is 11.4. The Morgan fingerprint density at radius 3 is 2.73 bits per heavy atom. The van der Waals surface area contributed by atoms with E-state index in [1.165, 1.54) is 13.1 Å². The van der Waals surface area contributed by atoms with Crippen molar-refractivity contribution in [1.82, 2.24) is 15.8 Å². The molecule has 4 N–H and O–H groups in total. The fourth-order valence-corrected chi connectivity index (χ4v) is 0.801. The molecule has 1 rings (SSSR count). The van der Waals surface area contributed by atoms with Crippen molar-refractivity contribution in [3.05, 3.63) is 30.1 Å². The van der Waals surface area contributed by atoms with Crippen LogP contribution in [0.4, 0.5) is 0 Å². The van der Waals surface area contributed by atoms with Crippen LogP contribution in [0.5, 0.6) is 0 Å². The highest BCUT2D eigenvalue weighted by Gasteiger charge is 2.09. The highest BCUT2D eigenvalue weighted by Crippen LogP contribution is 1.93. The van der Waals surface area contributed by atoms with E-state index in [2.05, 4.69) is 15.8 Å². The first kappa shape index (κ1) is 11.1. The van der Waals surface area contributed by atoms with Crippen LogP contribution >= 0.6 is 0 Å². The van der Waals surface area contributed by atoms with Crippen molar-refractivity contribution in [2.75, 3.05) is 0 Å². The second-order valence-corrected chi connectivity index (χ2v) is 2.97. The average molecular weight is 208 g/mol. The molecule has 0 radical (unpaired) electrons. The van der Waals surface area contributed by atoms with Gasteiger partial charge in [-0.25, -0.2) is 0 Å². The summed E-state index contributed by atoms with van der Waals surface area (Å²) in [4.78, 5) is 26.1. The molecule has 0 aromatic carbocycles. The number of carbonyl (C=O) groups is 2. The number of hydrogen-bond donors (Lipinski definition) is 3. The molecule has 6 nitrogen and oxygen atoms in total. The lowest BCUT2D eigenvalue weighted by Crippen LogP contribution is -2.48. The van der Waals surface area contributed by atoms with E-state index in [0.717, 1.165) is 0 Å². The lowest BCUT2D eigenvalue weighted by molar-refractivity contribution is -0.122. The third kappa shape index (κ3) is 3.35. The Morgan fingerprint density at radius 1 is 1.47 bits per heavy atom. The van der Waals surface area contributed by atoms with Gasteiger partial charge in [0.15, 0.2) is 0 Å². The number of pyridine rings is 1. The van der Waals surface area contributed by atoms with Gasteiger partial charge in [-0.3, -0.25) is 25.4 Å². The predicted octanol–water partition coefficient (Wildman–Crippen LogP) is -0.810. The Balaban J connectivity index is 2.48. The predicted molar refractivity (Wildman–Crippen MR) is 53.5 cm³/mol. The molecule has 0 bridgehead atoms. The van der Waals surface area contributed by atoms with Crippen molar-refractivity contribution in [3.63, 3.8) is 0 Å². The number of nitrogens with zero attached hydrogens (tertiary/aromatic N) is 1. The number of aromatic nitrogens is 1. The standard InChI is InChI=1S/C9H12N4O2/c1-6(10)8(14)12-13-9(15)7-3-2-4-11-5-7/h2-6H,10H2,1H3,(H,12,14)(H,13,15). The van der Waals surface area contributed by atoms with Gasteiger partial charge in [0.1, 0.15) is 0 Å². The van der Waals surface area contributed by atoms with E-state index in [1.54, 1.807) is 18.3 Å². The molecule has 0 aliphatic carbocycles. The Bertz CT molecular complexity index is 350. The molecule has 1 heterocycles. The van der Waals surface area contributed by atoms with Gasteiger partial charge in [-0.05, 0) is 19.1 Å². The minimum atomic E-state index is -0.667. The minimum absolute atomic E-state index is 0.363. The summed E-state index contributed by atoms with van der Waals surface area (Å²) in [5, 5.41) is 0. The summed E-state index contributed by atoms with van der Waals surface area (Å²) in [6.45, 7) is 1.52. The van der Waals surface area contributed by atoms with Crippen LogP contribution in [0.2, 0.25) is 0 Å². The lowest BCUT2D eigenvalue weighted by atomic mass is 10.3. The Morgan fingerprint density at radius 2 is 2.20 bits per heavy atom. The van der Waals surface area contributed by atoms with Gasteiger partial charge in [0, 0.05) is 12.4 Å². The second kappa shape index (κ2) is 5.06. The summed E-state index contributed by atoms with van der Waals surface area (Å²) in [6.07, 6.45) is 2.95. The molecule has 1 atom stereocenters. The van der Waals surface area contributed by atoms with Gasteiger partial charge >= 0.3 is 0 Å². The Hall–Kier alpha value is -1.95. The molecule has 0 aliphatic rings. The third-order valence-electron chi connectivity index (χ3n) is 1.64. The molecule has 2 amide bonds. The molecule has 1 unspecified atom stereocenters. The van der Waals surface area contributed by atoms with E-state index in [4.69, 9.17) is 5.73 Å². The van der Waals surface area contributed by atoms with Crippen LogP contribution in [0.1, 0.15) is 17.3 Å². The molecular weight excluding hydrogens is 196 g/mol. The first-order valence-electron chi connectivity index (χ1n) is 4.37. The summed E-state index contributed by atoms with van der Waals surface area (Å²) in [5.74, 6) is -0.885. The smallest absolute Gasteiger partial charge is 0.271 e. The Labute approximate surface area is 86.8 Å². The van der Waals surface area contributed by atoms with Crippen LogP contribution in [-0.4, -0.2) is 22.8 Å². The molecule has 0 aliphatic heterocycles. The lowest BCUT2D eigenvalue weighted by Gasteiger charge is -2.08. The van der Waals surface area contributed by atoms with Crippen molar-refractivity contribution in [3.8, 4) is 0 Å². The van der Waals surface area contributed by atoms with Gasteiger partial charge in [-0.1, -0.05) is 0 Å². The Kier molecular flexibility index (Phi) is 3.75. The normalized spacial score (nSPS) is 11.6. The van der Waals surface area contributed by atoms with Crippen molar-refractivity contribution in [2.45, 2.75) is 13.0 Å². The van der Waals surface area contributed by atoms with Crippen LogP contribution in [0, 0.1) is 0 Å². The molecule has 15 heavy (non-hydrogen) atoms. The van der Waals surface area contributed by atoms with E-state index < -0.39 is 17.9 Å². The van der Waals surface area contributed by atoms with Crippen molar-refractivity contribution >= 4 is 11.8 Å². The SMILES string of the molecule is CC(N)C(=O)NNC(=O)c1cccnc1. The molecule has 80 valence electrons. The number of carbonyl (C=O) groups excluding carboxylic acids is 2. The number of nitrogens with one attached hydrogen (secondary N) is 2. The molecule has 6 heteroatoms. The van der Waals surface area contributed by atoms with Gasteiger partial charge in [0.25, 0.3) is 11.8 Å². The summed E-state index contributed by atoms with van der Waals surface area (Å²) < 4.78 is 0. The van der Waals surface area contributed by atoms with Gasteiger partial charge in [0.05, 0.1) is 11.6 Å². The second-order valence-electron chi connectivity index (χ2n) is 2.97. The molecule has 0 spiro atoms. The minimum Gasteiger partial charge on any atom is -0.320 e. The zero-order chi connectivity index (χ0) is 11.3. The fraction of sp³-hybridized carbons (Fsp3) is 0.222. The van der Waals surface area contributed by atoms with Gasteiger partial charge in [-0.2, -0.15) is 0 Å². The summed E-state index contributed by atoms with van der Waals surface area (Å²) >= 11 is 0. The molecule has 0 saturated heterocycles. The van der Waals surface area contributed by atoms with Crippen molar-refractivity contribution in [1.29, 1.82) is 0 Å². The molecule has 0 fully saturated rings. The van der Waals surface area contributed by atoms with E-state index in [-0.39, 0.29) is 0 Å². The molecular formula is C9H12N4O2. The average Bonchev–Trinajstić information content (AvgIpc) is 2.26. The number of hydrogen-bond acceptors (Lipinski definition) is 4. The largest absolute Gasteiger partial charge is 0.320 e. The summed E-state index contributed by atoms with van der Waals surface area (Å²) in [7, 11) is 0. The van der Waals surface area contributed by atoms with Gasteiger partial charge in [0.2, 0.25) is 0 Å². The quantitative estimate of drug-likeness (QED) is 0.554. The first-order valence-corrected chi connectivity index (χ1v) is 4.37. The van der Waals surface area contributed by atoms with E-state index in [9.17, 15) is 9.59 Å². The zero-order valence-corrected chi connectivity index (χ0v) is 8.23. The monoisotopic (exact) mass is 208 g/mol. The number of rotatable bonds is 2. The maximum Gasteiger partial charge on any atom is 0.271 e. The van der Waals surface area contributed by atoms with Crippen LogP contribution in [-0.2, 0) is 4.79 Å². The van der Waals surface area contributed by atoms with E-state index in [0.29, 0.717) is 5.56 Å². The van der Waals surface area contributed by atoms with Crippen molar-refractivity contribution in [2.24, 2.45) is 5.73 Å². The fourth-order valence-electron chi connectivity index (χ4n) is 0.801. The maximum atomic E-state index is 11.4. The number of nitrogens with two attached hydrogens (primary N) is 1. The first-order chi connectivity index (χ1) is 7.11. The number of amides is 2. The van der Waals surface area contributed by atoms with Gasteiger partial charge < -0.3 is 5.73 Å². The van der Waals surface area contributed by atoms with Crippen LogP contribution in [0.3, 0.4) is 0 Å². The van der Waals surface area contributed by atoms with Gasteiger partial charge in [-0.15, -0.1) is 0 Å². The van der Waals surface area contributed by atoms with E-state index in [1.807, 2.05) is 0 Å². The molecule has 1 aromatic heterocycles. The highest BCUT2D eigenvalue weighted by atomic mass is 16.2. The zero-order valence-electron chi connectivity index (χ0n) is 8.23. The van der Waals surface area contributed by atoms with Crippen LogP contribution in [0.15, 0.2) is 24.5 Å². The van der Waals surface area contributed by atoms with E-state index >= 15 is 0 Å². The molecule has 1 aromatic rings. The van der Waals surface area contributed by atoms with Crippen LogP contribution in [0.25, 0.3) is 0 Å². The van der Waals surface area contributed by atoms with Crippen LogP contribution < -0.4 is 16.6 Å². The van der Waals surface area contributed by atoms with Crippen molar-refractivity contribution < 1.29 is 9.59 Å². The summed E-state index contributed by atoms with van der Waals surface area (Å²) in [6, 6.07) is 2.54. The highest BCUT2D eigenvalue weighted by molar-refractivity contribution is 5.95. The number of hydrazine groups is 1. The molecule has 0 saturated carbocycles. The summed E-state index contributed by atoms with van der Waals surface area (Å²) in [5.41, 5.74) is 10.1. The topological polar surface area (TPSA) is 97.1 Å².